The number of aromatic nitrogens is 4. The Bertz CT molecular complexity index is 1960. The number of anilines is 1. The second kappa shape index (κ2) is 15.6. The van der Waals surface area contributed by atoms with Gasteiger partial charge in [0.1, 0.15) is 12.6 Å². The number of amides is 3. The fraction of sp³-hybridized carbons (Fsp3) is 0.243. The van der Waals surface area contributed by atoms with E-state index in [4.69, 9.17) is 14.2 Å². The molecule has 2 N–H and O–H groups in total. The number of aliphatic hydroxyl groups excluding tert-OH is 1. The number of imide groups is 1. The topological polar surface area (TPSA) is 158 Å². The molecule has 0 saturated carbocycles. The van der Waals surface area contributed by atoms with Gasteiger partial charge in [-0.25, -0.2) is 9.69 Å². The Balaban J connectivity index is 1.03. The van der Waals surface area contributed by atoms with Crippen LogP contribution in [0, 0.1) is 0 Å². The largest absolute Gasteiger partial charge is 0.445 e. The van der Waals surface area contributed by atoms with Gasteiger partial charge in [-0.3, -0.25) is 9.59 Å². The minimum atomic E-state index is -1.04. The van der Waals surface area contributed by atoms with E-state index in [1.54, 1.807) is 28.9 Å². The van der Waals surface area contributed by atoms with Crippen molar-refractivity contribution in [2.45, 2.75) is 55.8 Å². The number of para-hydroxylation sites is 1. The molecule has 13 nitrogen and oxygen atoms in total. The lowest BCUT2D eigenvalue weighted by molar-refractivity contribution is -0.245. The standard InChI is InChI=1S/C37H34N6O7S/c44-21-24-11-13-26(14-12-24)32-19-30(23-51-36-39-40-41-43(36)29-9-5-2-6-10-29)49-35(50-32)27-15-17-28(18-16-27)42-33(45)20-31(34(42)46)38-37(47)48-22-25-7-3-1-4-8-25/h1-18,30-32,35,44H,19-23H2,(H,38,47)/t30-,31?,32+,35+/m1/s1. The lowest BCUT2D eigenvalue weighted by Gasteiger charge is -2.36. The summed E-state index contributed by atoms with van der Waals surface area (Å²) in [4.78, 5) is 39.7. The highest BCUT2D eigenvalue weighted by Gasteiger charge is 2.41. The molecule has 1 aromatic heterocycles. The van der Waals surface area contributed by atoms with Gasteiger partial charge in [-0.1, -0.05) is 96.7 Å². The molecule has 2 aliphatic rings. The molecule has 51 heavy (non-hydrogen) atoms. The van der Waals surface area contributed by atoms with Crippen molar-refractivity contribution in [3.05, 3.63) is 131 Å². The van der Waals surface area contributed by atoms with Gasteiger partial charge in [0.25, 0.3) is 5.91 Å². The summed E-state index contributed by atoms with van der Waals surface area (Å²) in [5.41, 5.74) is 4.44. The molecule has 2 saturated heterocycles. The van der Waals surface area contributed by atoms with Crippen LogP contribution in [0.5, 0.6) is 0 Å². The van der Waals surface area contributed by atoms with Gasteiger partial charge in [0.15, 0.2) is 6.29 Å². The summed E-state index contributed by atoms with van der Waals surface area (Å²) in [6.07, 6.45) is -1.73. The zero-order valence-corrected chi connectivity index (χ0v) is 28.1. The highest BCUT2D eigenvalue weighted by Crippen LogP contribution is 2.40. The monoisotopic (exact) mass is 706 g/mol. The Labute approximate surface area is 297 Å². The van der Waals surface area contributed by atoms with E-state index in [0.29, 0.717) is 28.6 Å². The van der Waals surface area contributed by atoms with Crippen LogP contribution >= 0.6 is 11.8 Å². The summed E-state index contributed by atoms with van der Waals surface area (Å²) < 4.78 is 19.9. The van der Waals surface area contributed by atoms with E-state index in [0.717, 1.165) is 27.3 Å². The fourth-order valence-electron chi connectivity index (χ4n) is 5.89. The Morgan fingerprint density at radius 1 is 0.863 bits per heavy atom. The van der Waals surface area contributed by atoms with Gasteiger partial charge < -0.3 is 24.6 Å². The van der Waals surface area contributed by atoms with Gasteiger partial charge in [0.2, 0.25) is 11.1 Å². The number of carbonyl (C=O) groups excluding carboxylic acids is 3. The van der Waals surface area contributed by atoms with Crippen LogP contribution in [0.2, 0.25) is 0 Å². The van der Waals surface area contributed by atoms with Crippen LogP contribution in [-0.4, -0.2) is 61.1 Å². The van der Waals surface area contributed by atoms with Crippen molar-refractivity contribution in [3.63, 3.8) is 0 Å². The summed E-state index contributed by atoms with van der Waals surface area (Å²) in [6.45, 7) is -0.0185. The summed E-state index contributed by atoms with van der Waals surface area (Å²) in [7, 11) is 0. The van der Waals surface area contributed by atoms with Gasteiger partial charge in [0, 0.05) is 17.7 Å². The van der Waals surface area contributed by atoms with Gasteiger partial charge in [0.05, 0.1) is 36.6 Å². The highest BCUT2D eigenvalue weighted by atomic mass is 32.2. The maximum absolute atomic E-state index is 13.2. The number of benzene rings is 4. The first-order chi connectivity index (χ1) is 24.9. The van der Waals surface area contributed by atoms with E-state index < -0.39 is 30.2 Å². The van der Waals surface area contributed by atoms with Crippen LogP contribution in [-0.2, 0) is 37.0 Å². The molecule has 5 aromatic rings. The van der Waals surface area contributed by atoms with E-state index >= 15 is 0 Å². The number of carbonyl (C=O) groups is 3. The molecule has 14 heteroatoms. The van der Waals surface area contributed by atoms with Crippen LogP contribution in [0.25, 0.3) is 5.69 Å². The Hall–Kier alpha value is -5.41. The van der Waals surface area contributed by atoms with Crippen molar-refractivity contribution in [1.82, 2.24) is 25.5 Å². The first kappa shape index (κ1) is 34.1. The molecule has 0 aliphatic carbocycles. The summed E-state index contributed by atoms with van der Waals surface area (Å²) in [6, 6.07) is 32.2. The van der Waals surface area contributed by atoms with Crippen molar-refractivity contribution in [1.29, 1.82) is 0 Å². The quantitative estimate of drug-likeness (QED) is 0.140. The van der Waals surface area contributed by atoms with E-state index in [1.165, 1.54) is 11.8 Å². The zero-order chi connectivity index (χ0) is 35.2. The first-order valence-electron chi connectivity index (χ1n) is 16.4. The molecule has 0 bridgehead atoms. The number of tetrazole rings is 1. The summed E-state index contributed by atoms with van der Waals surface area (Å²) in [5.74, 6) is -0.446. The fourth-order valence-corrected chi connectivity index (χ4v) is 6.80. The van der Waals surface area contributed by atoms with Crippen LogP contribution in [0.4, 0.5) is 10.5 Å². The van der Waals surface area contributed by atoms with Crippen LogP contribution in [0.15, 0.2) is 114 Å². The molecule has 0 radical (unpaired) electrons. The van der Waals surface area contributed by atoms with Crippen LogP contribution in [0.3, 0.4) is 0 Å². The molecular formula is C37H34N6O7S. The van der Waals surface area contributed by atoms with E-state index in [1.807, 2.05) is 84.9 Å². The molecule has 0 spiro atoms. The third-order valence-corrected chi connectivity index (χ3v) is 9.58. The maximum atomic E-state index is 13.2. The molecule has 2 fully saturated rings. The van der Waals surface area contributed by atoms with E-state index in [2.05, 4.69) is 20.8 Å². The summed E-state index contributed by atoms with van der Waals surface area (Å²) in [5, 5.41) is 24.9. The lowest BCUT2D eigenvalue weighted by atomic mass is 10.0. The third-order valence-electron chi connectivity index (χ3n) is 8.53. The summed E-state index contributed by atoms with van der Waals surface area (Å²) >= 11 is 1.47. The Kier molecular flexibility index (Phi) is 10.4. The lowest BCUT2D eigenvalue weighted by Crippen LogP contribution is -2.42. The van der Waals surface area contributed by atoms with Crippen molar-refractivity contribution in [2.24, 2.45) is 0 Å². The number of alkyl carbamates (subject to hydrolysis) is 1. The van der Waals surface area contributed by atoms with Crippen LogP contribution in [0.1, 0.15) is 47.5 Å². The average molecular weight is 707 g/mol. The van der Waals surface area contributed by atoms with Crippen molar-refractivity contribution in [2.75, 3.05) is 10.7 Å². The second-order valence-corrected chi connectivity index (χ2v) is 13.0. The van der Waals surface area contributed by atoms with Crippen molar-refractivity contribution in [3.8, 4) is 5.69 Å². The molecule has 2 aliphatic heterocycles. The zero-order valence-electron chi connectivity index (χ0n) is 27.3. The normalized spacial score (nSPS) is 20.4. The van der Waals surface area contributed by atoms with Gasteiger partial charge in [-0.15, -0.1) is 5.10 Å². The van der Waals surface area contributed by atoms with Crippen molar-refractivity contribution >= 4 is 35.4 Å². The Morgan fingerprint density at radius 2 is 1.57 bits per heavy atom. The molecule has 3 amide bonds. The number of nitrogens with one attached hydrogen (secondary N) is 1. The number of thioether (sulfide) groups is 1. The number of rotatable bonds is 11. The number of ether oxygens (including phenoxy) is 3. The smallest absolute Gasteiger partial charge is 0.408 e. The predicted octanol–water partition coefficient (Wildman–Crippen LogP) is 5.05. The van der Waals surface area contributed by atoms with Crippen molar-refractivity contribution < 1.29 is 33.7 Å². The molecule has 4 aromatic carbocycles. The first-order valence-corrected chi connectivity index (χ1v) is 17.3. The predicted molar refractivity (Wildman–Crippen MR) is 185 cm³/mol. The molecule has 4 atom stereocenters. The number of aliphatic hydroxyl groups is 1. The van der Waals surface area contributed by atoms with Gasteiger partial charge >= 0.3 is 6.09 Å². The van der Waals surface area contributed by atoms with Gasteiger partial charge in [-0.2, -0.15) is 4.68 Å². The number of nitrogens with zero attached hydrogens (tertiary/aromatic N) is 5. The molecule has 3 heterocycles. The second-order valence-electron chi connectivity index (χ2n) is 12.0. The highest BCUT2D eigenvalue weighted by molar-refractivity contribution is 7.99. The maximum Gasteiger partial charge on any atom is 0.408 e. The minimum absolute atomic E-state index is 0.0406. The molecule has 7 rings (SSSR count). The minimum Gasteiger partial charge on any atom is -0.445 e. The van der Waals surface area contributed by atoms with E-state index in [9.17, 15) is 19.5 Å². The average Bonchev–Trinajstić information content (AvgIpc) is 3.76. The molecular weight excluding hydrogens is 673 g/mol. The number of hydrogen-bond donors (Lipinski definition) is 2. The molecule has 1 unspecified atom stereocenters. The Morgan fingerprint density at radius 3 is 2.29 bits per heavy atom. The molecule has 260 valence electrons. The van der Waals surface area contributed by atoms with E-state index in [-0.39, 0.29) is 31.8 Å². The van der Waals surface area contributed by atoms with Gasteiger partial charge in [-0.05, 0) is 51.4 Å². The number of hydrogen-bond acceptors (Lipinski definition) is 11. The third kappa shape index (κ3) is 7.99. The SMILES string of the molecule is O=C(NC1CC(=O)N(c2ccc([C@H]3O[C@@H](CSc4nnnn4-c4ccccc4)C[C@@H](c4ccc(CO)cc4)O3)cc2)C1=O)OCc1ccccc1. The van der Waals surface area contributed by atoms with Crippen LogP contribution < -0.4 is 10.2 Å².